The normalized spacial score (nSPS) is 16.0. The lowest BCUT2D eigenvalue weighted by atomic mass is 9.95. The van der Waals surface area contributed by atoms with E-state index in [1.165, 1.54) is 0 Å². The van der Waals surface area contributed by atoms with E-state index in [1.54, 1.807) is 0 Å². The smallest absolute Gasteiger partial charge is 0.338 e. The molecule has 0 aliphatic carbocycles. The summed E-state index contributed by atoms with van der Waals surface area (Å²) in [6.07, 6.45) is -0.209. The van der Waals surface area contributed by atoms with Gasteiger partial charge in [-0.25, -0.2) is 9.78 Å². The molecule has 2 heterocycles. The summed E-state index contributed by atoms with van der Waals surface area (Å²) in [5, 5.41) is 3.29. The number of hydrogen-bond donors (Lipinski definition) is 1. The number of esters is 1. The highest BCUT2D eigenvalue weighted by molar-refractivity contribution is 5.94. The van der Waals surface area contributed by atoms with Gasteiger partial charge in [-0.05, 0) is 57.5 Å². The van der Waals surface area contributed by atoms with Crippen LogP contribution in [0.15, 0.2) is 59.8 Å². The molecule has 0 radical (unpaired) electrons. The fourth-order valence-corrected chi connectivity index (χ4v) is 3.76. The van der Waals surface area contributed by atoms with Gasteiger partial charge in [-0.2, -0.15) is 0 Å². The first-order chi connectivity index (χ1) is 14.0. The fourth-order valence-electron chi connectivity index (χ4n) is 3.76. The van der Waals surface area contributed by atoms with Crippen LogP contribution in [0.3, 0.4) is 0 Å². The van der Waals surface area contributed by atoms with Crippen LogP contribution in [-0.4, -0.2) is 28.2 Å². The number of hydrogen-bond acceptors (Lipinski definition) is 5. The summed E-state index contributed by atoms with van der Waals surface area (Å²) in [5.41, 5.74) is 4.07. The van der Waals surface area contributed by atoms with Crippen molar-refractivity contribution in [1.82, 2.24) is 9.55 Å². The average Bonchev–Trinajstić information content (AvgIpc) is 3.04. The maximum absolute atomic E-state index is 13.1. The van der Waals surface area contributed by atoms with Crippen molar-refractivity contribution in [3.63, 3.8) is 0 Å². The molecule has 1 atom stereocenters. The SMILES string of the molecule is CCOc1cccc(C2C(C(=O)OC(C)C)=C(C)Nc3nc4ccccc4n32)c1. The molecule has 1 N–H and O–H groups in total. The van der Waals surface area contributed by atoms with Gasteiger partial charge in [0.2, 0.25) is 5.95 Å². The van der Waals surface area contributed by atoms with Crippen molar-refractivity contribution in [3.8, 4) is 5.75 Å². The zero-order chi connectivity index (χ0) is 20.5. The number of aromatic nitrogens is 2. The first-order valence-corrected chi connectivity index (χ1v) is 9.88. The van der Waals surface area contributed by atoms with Crippen molar-refractivity contribution in [3.05, 3.63) is 65.4 Å². The van der Waals surface area contributed by atoms with Crippen molar-refractivity contribution in [1.29, 1.82) is 0 Å². The third-order valence-corrected chi connectivity index (χ3v) is 4.88. The molecule has 0 saturated heterocycles. The van der Waals surface area contributed by atoms with E-state index in [2.05, 4.69) is 9.88 Å². The van der Waals surface area contributed by atoms with Crippen molar-refractivity contribution in [2.24, 2.45) is 0 Å². The van der Waals surface area contributed by atoms with E-state index in [1.807, 2.05) is 76.2 Å². The summed E-state index contributed by atoms with van der Waals surface area (Å²) in [5.74, 6) is 1.14. The number of carbonyl (C=O) groups is 1. The number of fused-ring (bicyclic) bond motifs is 3. The van der Waals surface area contributed by atoms with Crippen LogP contribution in [-0.2, 0) is 9.53 Å². The van der Waals surface area contributed by atoms with E-state index in [4.69, 9.17) is 14.5 Å². The number of nitrogens with zero attached hydrogens (tertiary/aromatic N) is 2. The zero-order valence-electron chi connectivity index (χ0n) is 17.1. The molecule has 0 saturated carbocycles. The first kappa shape index (κ1) is 19.1. The molecule has 2 aromatic carbocycles. The molecule has 1 unspecified atom stereocenters. The third-order valence-electron chi connectivity index (χ3n) is 4.88. The number of para-hydroxylation sites is 2. The fraction of sp³-hybridized carbons (Fsp3) is 0.304. The summed E-state index contributed by atoms with van der Waals surface area (Å²) in [6.45, 7) is 8.12. The van der Waals surface area contributed by atoms with Gasteiger partial charge in [0.05, 0.1) is 35.4 Å². The molecule has 150 valence electrons. The number of anilines is 1. The second-order valence-corrected chi connectivity index (χ2v) is 7.32. The maximum atomic E-state index is 13.1. The number of benzene rings is 2. The van der Waals surface area contributed by atoms with Crippen LogP contribution in [0.25, 0.3) is 11.0 Å². The second kappa shape index (κ2) is 7.62. The monoisotopic (exact) mass is 391 g/mol. The number of nitrogens with one attached hydrogen (secondary N) is 1. The Bertz CT molecular complexity index is 1100. The standard InChI is InChI=1S/C23H25N3O3/c1-5-28-17-10-8-9-16(13-17)21-20(22(27)29-14(2)3)15(4)24-23-25-18-11-6-7-12-19(18)26(21)23/h6-14,21H,5H2,1-4H3,(H,24,25). The molecule has 0 bridgehead atoms. The minimum absolute atomic E-state index is 0.209. The van der Waals surface area contributed by atoms with E-state index in [0.29, 0.717) is 18.1 Å². The Morgan fingerprint density at radius 1 is 1.21 bits per heavy atom. The highest BCUT2D eigenvalue weighted by Gasteiger charge is 2.35. The first-order valence-electron chi connectivity index (χ1n) is 9.88. The van der Waals surface area contributed by atoms with Gasteiger partial charge >= 0.3 is 5.97 Å². The van der Waals surface area contributed by atoms with Gasteiger partial charge in [0.1, 0.15) is 5.75 Å². The molecule has 1 aliphatic heterocycles. The molecule has 6 heteroatoms. The quantitative estimate of drug-likeness (QED) is 0.640. The Kier molecular flexibility index (Phi) is 5.01. The predicted octanol–water partition coefficient (Wildman–Crippen LogP) is 4.68. The van der Waals surface area contributed by atoms with Crippen molar-refractivity contribution in [2.75, 3.05) is 11.9 Å². The molecular formula is C23H25N3O3. The number of allylic oxidation sites excluding steroid dienone is 1. The van der Waals surface area contributed by atoms with E-state index in [9.17, 15) is 4.79 Å². The molecular weight excluding hydrogens is 366 g/mol. The highest BCUT2D eigenvalue weighted by Crippen LogP contribution is 2.40. The van der Waals surface area contributed by atoms with E-state index < -0.39 is 0 Å². The van der Waals surface area contributed by atoms with Crippen molar-refractivity contribution < 1.29 is 14.3 Å². The zero-order valence-corrected chi connectivity index (χ0v) is 17.1. The number of imidazole rings is 1. The van der Waals surface area contributed by atoms with Crippen LogP contribution in [0.2, 0.25) is 0 Å². The van der Waals surface area contributed by atoms with Gasteiger partial charge in [-0.1, -0.05) is 24.3 Å². The summed E-state index contributed by atoms with van der Waals surface area (Å²) >= 11 is 0. The summed E-state index contributed by atoms with van der Waals surface area (Å²) in [4.78, 5) is 17.8. The molecule has 1 aliphatic rings. The topological polar surface area (TPSA) is 65.4 Å². The van der Waals surface area contributed by atoms with Crippen LogP contribution in [0, 0.1) is 0 Å². The van der Waals surface area contributed by atoms with E-state index in [-0.39, 0.29) is 18.1 Å². The highest BCUT2D eigenvalue weighted by atomic mass is 16.5. The summed E-state index contributed by atoms with van der Waals surface area (Å²) < 4.78 is 13.4. The molecule has 0 fully saturated rings. The number of carbonyl (C=O) groups excluding carboxylic acids is 1. The minimum Gasteiger partial charge on any atom is -0.494 e. The number of rotatable bonds is 5. The largest absolute Gasteiger partial charge is 0.494 e. The van der Waals surface area contributed by atoms with Gasteiger partial charge in [0.15, 0.2) is 0 Å². The molecule has 3 aromatic rings. The number of ether oxygens (including phenoxy) is 2. The van der Waals surface area contributed by atoms with Gasteiger partial charge in [0.25, 0.3) is 0 Å². The lowest BCUT2D eigenvalue weighted by Crippen LogP contribution is -2.30. The van der Waals surface area contributed by atoms with Gasteiger partial charge < -0.3 is 14.8 Å². The third kappa shape index (κ3) is 3.46. The predicted molar refractivity (Wildman–Crippen MR) is 113 cm³/mol. The van der Waals surface area contributed by atoms with Crippen LogP contribution in [0.1, 0.15) is 39.3 Å². The Labute approximate surface area is 170 Å². The van der Waals surface area contributed by atoms with Crippen LogP contribution in [0.5, 0.6) is 5.75 Å². The van der Waals surface area contributed by atoms with Crippen molar-refractivity contribution >= 4 is 23.0 Å². The maximum Gasteiger partial charge on any atom is 0.338 e. The summed E-state index contributed by atoms with van der Waals surface area (Å²) in [7, 11) is 0. The Morgan fingerprint density at radius 2 is 2.00 bits per heavy atom. The molecule has 4 rings (SSSR count). The molecule has 29 heavy (non-hydrogen) atoms. The second-order valence-electron chi connectivity index (χ2n) is 7.32. The minimum atomic E-state index is -0.370. The van der Waals surface area contributed by atoms with E-state index >= 15 is 0 Å². The Balaban J connectivity index is 1.93. The molecule has 6 nitrogen and oxygen atoms in total. The van der Waals surface area contributed by atoms with Crippen molar-refractivity contribution in [2.45, 2.75) is 39.8 Å². The van der Waals surface area contributed by atoms with Crippen LogP contribution < -0.4 is 10.1 Å². The van der Waals surface area contributed by atoms with Gasteiger partial charge in [0, 0.05) is 5.70 Å². The van der Waals surface area contributed by atoms with E-state index in [0.717, 1.165) is 28.0 Å². The van der Waals surface area contributed by atoms with Gasteiger partial charge in [-0.3, -0.25) is 4.57 Å². The summed E-state index contributed by atoms with van der Waals surface area (Å²) in [6, 6.07) is 15.4. The van der Waals surface area contributed by atoms with Gasteiger partial charge in [-0.15, -0.1) is 0 Å². The van der Waals surface area contributed by atoms with Crippen LogP contribution in [0.4, 0.5) is 5.95 Å². The Hall–Kier alpha value is -3.28. The molecule has 0 amide bonds. The molecule has 0 spiro atoms. The average molecular weight is 391 g/mol. The van der Waals surface area contributed by atoms with Crippen LogP contribution >= 0.6 is 0 Å². The lowest BCUT2D eigenvalue weighted by molar-refractivity contribution is -0.143. The lowest BCUT2D eigenvalue weighted by Gasteiger charge is -2.30. The molecule has 1 aromatic heterocycles. The Morgan fingerprint density at radius 3 is 2.76 bits per heavy atom.